The van der Waals surface area contributed by atoms with E-state index in [1.807, 2.05) is 30.3 Å². The van der Waals surface area contributed by atoms with E-state index in [1.54, 1.807) is 0 Å². The lowest BCUT2D eigenvalue weighted by molar-refractivity contribution is 0.122. The lowest BCUT2D eigenvalue weighted by Gasteiger charge is -2.28. The molecule has 1 heterocycles. The fourth-order valence-corrected chi connectivity index (χ4v) is 4.31. The summed E-state index contributed by atoms with van der Waals surface area (Å²) in [7, 11) is -3.22. The van der Waals surface area contributed by atoms with Crippen LogP contribution in [0.3, 0.4) is 0 Å². The van der Waals surface area contributed by atoms with Crippen molar-refractivity contribution in [2.24, 2.45) is 0 Å². The second kappa shape index (κ2) is 9.88. The Morgan fingerprint density at radius 3 is 2.26 bits per heavy atom. The first-order valence-corrected chi connectivity index (χ1v) is 11.2. The van der Waals surface area contributed by atoms with Crippen molar-refractivity contribution in [3.05, 3.63) is 65.7 Å². The SMILES string of the molecule is O=S(=O)(CCCc1ccccc1)NCCc1ccc(N2CCOCC2)cc1. The number of hydrogen-bond donors (Lipinski definition) is 1. The van der Waals surface area contributed by atoms with Gasteiger partial charge in [0.2, 0.25) is 10.0 Å². The van der Waals surface area contributed by atoms with Gasteiger partial charge < -0.3 is 9.64 Å². The van der Waals surface area contributed by atoms with Gasteiger partial charge in [0.15, 0.2) is 0 Å². The molecule has 0 spiro atoms. The number of ether oxygens (including phenoxy) is 1. The molecule has 2 aromatic rings. The van der Waals surface area contributed by atoms with Crippen molar-refractivity contribution in [3.63, 3.8) is 0 Å². The maximum atomic E-state index is 12.1. The standard InChI is InChI=1S/C21H28N2O3S/c24-27(25,18-4-7-19-5-2-1-3-6-19)22-13-12-20-8-10-21(11-9-20)23-14-16-26-17-15-23/h1-3,5-6,8-11,22H,4,7,12-18H2. The summed E-state index contributed by atoms with van der Waals surface area (Å²) in [5.41, 5.74) is 3.51. The molecule has 0 amide bonds. The van der Waals surface area contributed by atoms with Gasteiger partial charge in [-0.3, -0.25) is 0 Å². The van der Waals surface area contributed by atoms with Gasteiger partial charge in [0.05, 0.1) is 19.0 Å². The third-order valence-corrected chi connectivity index (χ3v) is 6.24. The van der Waals surface area contributed by atoms with Gasteiger partial charge in [-0.15, -0.1) is 0 Å². The Bertz CT molecular complexity index is 786. The smallest absolute Gasteiger partial charge is 0.211 e. The molecule has 27 heavy (non-hydrogen) atoms. The average molecular weight is 389 g/mol. The zero-order valence-electron chi connectivity index (χ0n) is 15.6. The van der Waals surface area contributed by atoms with Crippen LogP contribution in [-0.2, 0) is 27.6 Å². The van der Waals surface area contributed by atoms with Crippen molar-refractivity contribution >= 4 is 15.7 Å². The summed E-state index contributed by atoms with van der Waals surface area (Å²) in [5.74, 6) is 0.165. The molecule has 0 aliphatic carbocycles. The highest BCUT2D eigenvalue weighted by Gasteiger charge is 2.12. The topological polar surface area (TPSA) is 58.6 Å². The number of nitrogens with one attached hydrogen (secondary N) is 1. The molecule has 0 atom stereocenters. The molecule has 2 aromatic carbocycles. The van der Waals surface area contributed by atoms with Crippen molar-refractivity contribution in [2.75, 3.05) is 43.5 Å². The molecule has 1 saturated heterocycles. The van der Waals surface area contributed by atoms with Gasteiger partial charge in [0, 0.05) is 25.3 Å². The van der Waals surface area contributed by atoms with Crippen LogP contribution in [0.15, 0.2) is 54.6 Å². The van der Waals surface area contributed by atoms with E-state index in [0.717, 1.165) is 38.3 Å². The van der Waals surface area contributed by atoms with E-state index < -0.39 is 10.0 Å². The summed E-state index contributed by atoms with van der Waals surface area (Å²) in [6, 6.07) is 18.3. The molecule has 5 nitrogen and oxygen atoms in total. The molecule has 1 fully saturated rings. The van der Waals surface area contributed by atoms with Crippen LogP contribution in [0.4, 0.5) is 5.69 Å². The van der Waals surface area contributed by atoms with Gasteiger partial charge in [0.25, 0.3) is 0 Å². The molecule has 0 aromatic heterocycles. The predicted octanol–water partition coefficient (Wildman–Crippen LogP) is 2.62. The van der Waals surface area contributed by atoms with Gasteiger partial charge in [-0.25, -0.2) is 13.1 Å². The van der Waals surface area contributed by atoms with E-state index in [0.29, 0.717) is 19.4 Å². The Labute approximate surface area is 162 Å². The highest BCUT2D eigenvalue weighted by molar-refractivity contribution is 7.89. The molecular weight excluding hydrogens is 360 g/mol. The van der Waals surface area contributed by atoms with Crippen LogP contribution >= 0.6 is 0 Å². The number of aryl methyl sites for hydroxylation is 1. The Kier molecular flexibility index (Phi) is 7.26. The van der Waals surface area contributed by atoms with Crippen LogP contribution in [0.1, 0.15) is 17.5 Å². The first-order chi connectivity index (χ1) is 13.1. The Hall–Kier alpha value is -1.89. The minimum Gasteiger partial charge on any atom is -0.378 e. The summed E-state index contributed by atoms with van der Waals surface area (Å²) in [4.78, 5) is 2.31. The van der Waals surface area contributed by atoms with E-state index in [1.165, 1.54) is 11.3 Å². The Morgan fingerprint density at radius 2 is 1.56 bits per heavy atom. The van der Waals surface area contributed by atoms with E-state index in [-0.39, 0.29) is 5.75 Å². The number of morpholine rings is 1. The van der Waals surface area contributed by atoms with Crippen LogP contribution in [0, 0.1) is 0 Å². The molecule has 6 heteroatoms. The molecule has 3 rings (SSSR count). The first-order valence-electron chi connectivity index (χ1n) is 9.55. The van der Waals surface area contributed by atoms with E-state index in [2.05, 4.69) is 33.9 Å². The van der Waals surface area contributed by atoms with Crippen molar-refractivity contribution < 1.29 is 13.2 Å². The average Bonchev–Trinajstić information content (AvgIpc) is 2.70. The van der Waals surface area contributed by atoms with Crippen molar-refractivity contribution in [1.82, 2.24) is 4.72 Å². The lowest BCUT2D eigenvalue weighted by atomic mass is 10.1. The highest BCUT2D eigenvalue weighted by Crippen LogP contribution is 2.16. The summed E-state index contributed by atoms with van der Waals surface area (Å²) < 4.78 is 32.4. The summed E-state index contributed by atoms with van der Waals surface area (Å²) >= 11 is 0. The van der Waals surface area contributed by atoms with Crippen molar-refractivity contribution in [3.8, 4) is 0 Å². The number of anilines is 1. The second-order valence-corrected chi connectivity index (χ2v) is 8.74. The van der Waals surface area contributed by atoms with Crippen LogP contribution in [-0.4, -0.2) is 47.0 Å². The van der Waals surface area contributed by atoms with Crippen molar-refractivity contribution in [2.45, 2.75) is 19.3 Å². The van der Waals surface area contributed by atoms with Crippen LogP contribution in [0.5, 0.6) is 0 Å². The van der Waals surface area contributed by atoms with Gasteiger partial charge in [-0.2, -0.15) is 0 Å². The fraction of sp³-hybridized carbons (Fsp3) is 0.429. The molecular formula is C21H28N2O3S. The Morgan fingerprint density at radius 1 is 0.889 bits per heavy atom. The van der Waals surface area contributed by atoms with Crippen LogP contribution < -0.4 is 9.62 Å². The van der Waals surface area contributed by atoms with E-state index >= 15 is 0 Å². The fourth-order valence-electron chi connectivity index (χ4n) is 3.23. The normalized spacial score (nSPS) is 15.0. The quantitative estimate of drug-likeness (QED) is 0.717. The zero-order valence-corrected chi connectivity index (χ0v) is 16.5. The van der Waals surface area contributed by atoms with E-state index in [4.69, 9.17) is 4.74 Å². The second-order valence-electron chi connectivity index (χ2n) is 6.82. The summed E-state index contributed by atoms with van der Waals surface area (Å²) in [6.45, 7) is 3.82. The van der Waals surface area contributed by atoms with Gasteiger partial charge in [0.1, 0.15) is 0 Å². The lowest BCUT2D eigenvalue weighted by Crippen LogP contribution is -2.36. The third kappa shape index (κ3) is 6.65. The summed E-state index contributed by atoms with van der Waals surface area (Å²) in [6.07, 6.45) is 2.11. The largest absolute Gasteiger partial charge is 0.378 e. The molecule has 0 unspecified atom stereocenters. The first kappa shape index (κ1) is 19.9. The number of sulfonamides is 1. The van der Waals surface area contributed by atoms with Crippen LogP contribution in [0.25, 0.3) is 0 Å². The van der Waals surface area contributed by atoms with Crippen molar-refractivity contribution in [1.29, 1.82) is 0 Å². The molecule has 0 saturated carbocycles. The molecule has 1 aliphatic heterocycles. The third-order valence-electron chi connectivity index (χ3n) is 4.77. The molecule has 1 aliphatic rings. The number of benzene rings is 2. The van der Waals surface area contributed by atoms with Gasteiger partial charge in [-0.1, -0.05) is 42.5 Å². The monoisotopic (exact) mass is 388 g/mol. The van der Waals surface area contributed by atoms with Gasteiger partial charge >= 0.3 is 0 Å². The molecule has 1 N–H and O–H groups in total. The molecule has 0 bridgehead atoms. The number of nitrogens with zero attached hydrogens (tertiary/aromatic N) is 1. The minimum absolute atomic E-state index is 0.165. The zero-order chi connectivity index (χ0) is 19.0. The van der Waals surface area contributed by atoms with Crippen LogP contribution in [0.2, 0.25) is 0 Å². The molecule has 146 valence electrons. The maximum absolute atomic E-state index is 12.1. The minimum atomic E-state index is -3.22. The molecule has 0 radical (unpaired) electrons. The number of hydrogen-bond acceptors (Lipinski definition) is 4. The summed E-state index contributed by atoms with van der Waals surface area (Å²) in [5, 5.41) is 0. The Balaban J connectivity index is 1.39. The van der Waals surface area contributed by atoms with Gasteiger partial charge in [-0.05, 0) is 42.5 Å². The maximum Gasteiger partial charge on any atom is 0.211 e. The van der Waals surface area contributed by atoms with E-state index in [9.17, 15) is 8.42 Å². The number of rotatable bonds is 9. The highest BCUT2D eigenvalue weighted by atomic mass is 32.2. The predicted molar refractivity (Wildman–Crippen MR) is 110 cm³/mol.